The number of nitrogens with zero attached hydrogens (tertiary/aromatic N) is 1. The van der Waals surface area contributed by atoms with E-state index in [0.29, 0.717) is 5.19 Å². The summed E-state index contributed by atoms with van der Waals surface area (Å²) in [6.07, 6.45) is 1.41. The fourth-order valence-corrected chi connectivity index (χ4v) is 8.67. The Morgan fingerprint density at radius 1 is 1.09 bits per heavy atom. The molecule has 1 rings (SSSR count). The molecule has 0 saturated carbocycles. The van der Waals surface area contributed by atoms with Gasteiger partial charge < -0.3 is 24.6 Å². The van der Waals surface area contributed by atoms with Crippen LogP contribution in [0, 0.1) is 5.41 Å². The summed E-state index contributed by atoms with van der Waals surface area (Å²) in [6.45, 7) is 15.8. The molecule has 0 bridgehead atoms. The van der Waals surface area contributed by atoms with Crippen molar-refractivity contribution in [1.29, 1.82) is 0 Å². The Morgan fingerprint density at radius 2 is 1.62 bits per heavy atom. The maximum atomic E-state index is 16.7. The molecule has 0 aliphatic rings. The van der Waals surface area contributed by atoms with Crippen LogP contribution < -0.4 is 25.9 Å². The Labute approximate surface area is 202 Å². The first kappa shape index (κ1) is 29.3. The van der Waals surface area contributed by atoms with Gasteiger partial charge >= 0.3 is 12.0 Å². The minimum absolute atomic E-state index is 0.121. The molecule has 0 saturated heterocycles. The second kappa shape index (κ2) is 10.3. The van der Waals surface area contributed by atoms with Gasteiger partial charge in [-0.2, -0.15) is 0 Å². The minimum Gasteiger partial charge on any atom is -0.497 e. The van der Waals surface area contributed by atoms with Crippen LogP contribution in [-0.2, 0) is 9.59 Å². The molecule has 0 aromatic carbocycles. The van der Waals surface area contributed by atoms with Crippen LogP contribution in [0.2, 0.25) is 10.1 Å². The van der Waals surface area contributed by atoms with Gasteiger partial charge in [-0.15, -0.1) is 0 Å². The molecule has 4 N–H and O–H groups in total. The maximum absolute atomic E-state index is 16.7. The molecule has 11 heteroatoms. The highest BCUT2D eigenvalue weighted by atomic mass is 28.4. The number of halogens is 1. The van der Waals surface area contributed by atoms with E-state index >= 15 is 4.11 Å². The normalized spacial score (nSPS) is 13.6. The van der Waals surface area contributed by atoms with Crippen molar-refractivity contribution in [1.82, 2.24) is 15.6 Å². The Bertz CT molecular complexity index is 905. The van der Waals surface area contributed by atoms with E-state index in [0.717, 1.165) is 0 Å². The van der Waals surface area contributed by atoms with Gasteiger partial charge in [-0.05, 0) is 15.5 Å². The molecule has 1 atom stereocenters. The summed E-state index contributed by atoms with van der Waals surface area (Å²) in [5.41, 5.74) is -0.707. The number of carboxylic acids is 1. The number of carbonyl (C=O) groups is 3. The number of carboxylic acid groups (broad SMARTS) is 1. The Morgan fingerprint density at radius 3 is 2.03 bits per heavy atom. The number of methoxy groups -OCH3 is 1. The van der Waals surface area contributed by atoms with Gasteiger partial charge in [-0.3, -0.25) is 10.1 Å². The van der Waals surface area contributed by atoms with Crippen molar-refractivity contribution in [3.05, 3.63) is 12.3 Å². The van der Waals surface area contributed by atoms with Crippen molar-refractivity contribution in [2.24, 2.45) is 5.41 Å². The Hall–Kier alpha value is -2.69. The van der Waals surface area contributed by atoms with Gasteiger partial charge in [-0.1, -0.05) is 62.3 Å². The van der Waals surface area contributed by atoms with Crippen molar-refractivity contribution >= 4 is 37.3 Å². The summed E-state index contributed by atoms with van der Waals surface area (Å²) in [5, 5.41) is 15.7. The summed E-state index contributed by atoms with van der Waals surface area (Å²) in [7, 11) is -2.21. The van der Waals surface area contributed by atoms with E-state index in [4.69, 9.17) is 4.74 Å². The summed E-state index contributed by atoms with van der Waals surface area (Å²) in [4.78, 5) is 40.0. The molecular formula is C23H39FN4O5Si. The lowest BCUT2D eigenvalue weighted by Crippen LogP contribution is -2.58. The number of carbonyl (C=O) groups excluding carboxylic acids is 2. The minimum atomic E-state index is -3.64. The molecule has 0 spiro atoms. The molecular weight excluding hydrogens is 459 g/mol. The third-order valence-electron chi connectivity index (χ3n) is 5.59. The molecule has 1 aromatic heterocycles. The number of amides is 3. The van der Waals surface area contributed by atoms with Gasteiger partial charge in [0.25, 0.3) is 8.41 Å². The monoisotopic (exact) mass is 498 g/mol. The van der Waals surface area contributed by atoms with E-state index in [-0.39, 0.29) is 11.6 Å². The molecule has 1 unspecified atom stereocenters. The average Bonchev–Trinajstić information content (AvgIpc) is 2.66. The number of urea groups is 1. The van der Waals surface area contributed by atoms with E-state index in [2.05, 4.69) is 20.9 Å². The van der Waals surface area contributed by atoms with Crippen LogP contribution in [0.4, 0.5) is 14.7 Å². The highest BCUT2D eigenvalue weighted by Crippen LogP contribution is 2.52. The Kier molecular flexibility index (Phi) is 8.88. The zero-order valence-corrected chi connectivity index (χ0v) is 22.8. The molecule has 9 nitrogen and oxygen atoms in total. The predicted octanol–water partition coefficient (Wildman–Crippen LogP) is 3.55. The Balaban J connectivity index is 2.99. The maximum Gasteiger partial charge on any atom is 0.326 e. The van der Waals surface area contributed by atoms with Crippen LogP contribution in [0.3, 0.4) is 0 Å². The second-order valence-electron chi connectivity index (χ2n) is 11.4. The largest absolute Gasteiger partial charge is 0.497 e. The lowest BCUT2D eigenvalue weighted by Gasteiger charge is -2.45. The van der Waals surface area contributed by atoms with Crippen LogP contribution >= 0.6 is 0 Å². The summed E-state index contributed by atoms with van der Waals surface area (Å²) < 4.78 is 22.1. The van der Waals surface area contributed by atoms with E-state index in [1.54, 1.807) is 20.8 Å². The summed E-state index contributed by atoms with van der Waals surface area (Å²) in [6, 6.07) is -0.386. The van der Waals surface area contributed by atoms with Gasteiger partial charge in [0.15, 0.2) is 0 Å². The van der Waals surface area contributed by atoms with Crippen LogP contribution in [0.15, 0.2) is 12.3 Å². The lowest BCUT2D eigenvalue weighted by molar-refractivity contribution is -0.144. The SMILES string of the molecule is COc1cc(NC(=O)NCC(=O)NC(C(=O)O)C(C)(C)C)ncc1[Si](F)(C(C)(C)C)C(C)(C)C. The van der Waals surface area contributed by atoms with Crippen molar-refractivity contribution in [3.63, 3.8) is 0 Å². The average molecular weight is 499 g/mol. The number of aliphatic carboxylic acids is 1. The van der Waals surface area contributed by atoms with Crippen LogP contribution in [0.25, 0.3) is 0 Å². The summed E-state index contributed by atoms with van der Waals surface area (Å²) in [5.74, 6) is -1.41. The molecule has 0 aliphatic carbocycles. The highest BCUT2D eigenvalue weighted by molar-refractivity contribution is 6.91. The van der Waals surface area contributed by atoms with Crippen LogP contribution in [0.5, 0.6) is 5.75 Å². The molecule has 0 fully saturated rings. The molecule has 3 amide bonds. The second-order valence-corrected chi connectivity index (χ2v) is 16.3. The zero-order valence-electron chi connectivity index (χ0n) is 21.8. The highest BCUT2D eigenvalue weighted by Gasteiger charge is 2.58. The van der Waals surface area contributed by atoms with Crippen molar-refractivity contribution in [2.75, 3.05) is 19.0 Å². The number of aromatic nitrogens is 1. The first-order valence-electron chi connectivity index (χ1n) is 11.1. The molecule has 34 heavy (non-hydrogen) atoms. The number of hydrogen-bond donors (Lipinski definition) is 4. The molecule has 0 radical (unpaired) electrons. The lowest BCUT2D eigenvalue weighted by atomic mass is 9.87. The topological polar surface area (TPSA) is 130 Å². The first-order chi connectivity index (χ1) is 15.3. The van der Waals surface area contributed by atoms with Gasteiger partial charge in [0.2, 0.25) is 5.91 Å². The molecule has 1 heterocycles. The van der Waals surface area contributed by atoms with Gasteiger partial charge in [-0.25, -0.2) is 14.6 Å². The number of ether oxygens (including phenoxy) is 1. The predicted molar refractivity (Wildman–Crippen MR) is 133 cm³/mol. The fraction of sp³-hybridized carbons (Fsp3) is 0.652. The zero-order chi connectivity index (χ0) is 26.7. The molecule has 192 valence electrons. The van der Waals surface area contributed by atoms with Crippen molar-refractivity contribution in [3.8, 4) is 5.75 Å². The third kappa shape index (κ3) is 6.68. The van der Waals surface area contributed by atoms with E-state index < -0.39 is 54.4 Å². The number of pyridine rings is 1. The molecule has 1 aromatic rings. The smallest absolute Gasteiger partial charge is 0.326 e. The number of hydrogen-bond acceptors (Lipinski definition) is 5. The van der Waals surface area contributed by atoms with Gasteiger partial charge in [0.1, 0.15) is 17.6 Å². The van der Waals surface area contributed by atoms with Crippen LogP contribution in [0.1, 0.15) is 62.3 Å². The van der Waals surface area contributed by atoms with Crippen molar-refractivity contribution in [2.45, 2.75) is 78.4 Å². The first-order valence-corrected chi connectivity index (χ1v) is 12.9. The number of anilines is 1. The number of nitrogens with one attached hydrogen (secondary N) is 3. The van der Waals surface area contributed by atoms with E-state index in [1.807, 2.05) is 41.5 Å². The van der Waals surface area contributed by atoms with Gasteiger partial charge in [0, 0.05) is 17.4 Å². The standard InChI is InChI=1S/C23H39FN4O5Si/c1-21(2,3)18(19(30)31)28-17(29)13-26-20(32)27-16-11-14(33-10)15(12-25-16)34(24,22(4,5)6)23(7,8)9/h11-12,18H,13H2,1-10H3,(H,28,29)(H,30,31)(H2,25,26,27,32). The number of rotatable bonds is 7. The van der Waals surface area contributed by atoms with Crippen molar-refractivity contribution < 1.29 is 28.3 Å². The van der Waals surface area contributed by atoms with Gasteiger partial charge in [0.05, 0.1) is 13.7 Å². The summed E-state index contributed by atoms with van der Waals surface area (Å²) >= 11 is 0. The van der Waals surface area contributed by atoms with Crippen LogP contribution in [-0.4, -0.2) is 56.1 Å². The van der Waals surface area contributed by atoms with E-state index in [9.17, 15) is 19.5 Å². The third-order valence-corrected chi connectivity index (χ3v) is 10.8. The molecule has 0 aliphatic heterocycles. The quantitative estimate of drug-likeness (QED) is 0.336. The van der Waals surface area contributed by atoms with E-state index in [1.165, 1.54) is 19.4 Å². The fourth-order valence-electron chi connectivity index (χ4n) is 4.05.